The molecule has 0 amide bonds. The van der Waals surface area contributed by atoms with Gasteiger partial charge < -0.3 is 43.3 Å². The Balaban J connectivity index is 0.00000208. The maximum atomic E-state index is 14.6. The first-order valence-corrected chi connectivity index (χ1v) is 17.5. The van der Waals surface area contributed by atoms with Crippen LogP contribution in [-0.2, 0) is 24.5 Å². The molecule has 4 fully saturated rings. The van der Waals surface area contributed by atoms with Crippen molar-refractivity contribution in [3.63, 3.8) is 0 Å². The van der Waals surface area contributed by atoms with Crippen LogP contribution >= 0.6 is 0 Å². The number of hydrogen-bond acceptors (Lipinski definition) is 4. The van der Waals surface area contributed by atoms with Gasteiger partial charge in [-0.05, 0) is 43.4 Å². The van der Waals surface area contributed by atoms with E-state index in [0.717, 1.165) is 64.4 Å². The minimum atomic E-state index is -0.932. The molecule has 252 valence electrons. The van der Waals surface area contributed by atoms with Gasteiger partial charge in [0.2, 0.25) is 0 Å². The Bertz CT molecular complexity index is 1380. The highest BCUT2D eigenvalue weighted by Crippen LogP contribution is 2.50. The van der Waals surface area contributed by atoms with Crippen molar-refractivity contribution < 1.29 is 52.8 Å². The molecular weight excluding hydrogens is 619 g/mol. The molecule has 4 bridgehead atoms. The molecule has 46 heavy (non-hydrogen) atoms. The molecule has 0 saturated carbocycles. The molecule has 2 aromatic carbocycles. The van der Waals surface area contributed by atoms with Gasteiger partial charge in [-0.25, -0.2) is 0 Å². The van der Waals surface area contributed by atoms with Crippen LogP contribution in [0.4, 0.5) is 0 Å². The Kier molecular flexibility index (Phi) is 10.3. The van der Waals surface area contributed by atoms with Crippen LogP contribution in [-0.4, -0.2) is 84.5 Å². The van der Waals surface area contributed by atoms with Crippen molar-refractivity contribution in [2.45, 2.75) is 126 Å². The van der Waals surface area contributed by atoms with Gasteiger partial charge in [0.1, 0.15) is 17.6 Å². The summed E-state index contributed by atoms with van der Waals surface area (Å²) in [5, 5.41) is 0. The summed E-state index contributed by atoms with van der Waals surface area (Å²) in [4.78, 5) is 28.6. The zero-order chi connectivity index (χ0) is 30.7. The number of carbonyl (C=O) groups excluding carboxylic acids is 2. The van der Waals surface area contributed by atoms with E-state index in [1.54, 1.807) is 0 Å². The third-order valence-electron chi connectivity index (χ3n) is 13.6. The first-order chi connectivity index (χ1) is 21.2. The molecule has 5 aliphatic rings. The molecule has 0 radical (unpaired) electrons. The number of halogens is 2. The molecule has 6 nitrogen and oxygen atoms in total. The number of hydrogen-bond donors (Lipinski definition) is 0. The average Bonchev–Trinajstić information content (AvgIpc) is 3.29. The van der Waals surface area contributed by atoms with Crippen LogP contribution in [0.15, 0.2) is 54.6 Å². The van der Waals surface area contributed by atoms with Gasteiger partial charge in [-0.1, -0.05) is 54.6 Å². The highest BCUT2D eigenvalue weighted by atomic mass is 35.5. The van der Waals surface area contributed by atoms with Crippen molar-refractivity contribution >= 4 is 11.9 Å². The summed E-state index contributed by atoms with van der Waals surface area (Å²) in [5.41, 5.74) is 1.86. The number of piperidine rings is 2. The average molecular weight is 672 g/mol. The van der Waals surface area contributed by atoms with Gasteiger partial charge in [0.25, 0.3) is 0 Å². The van der Waals surface area contributed by atoms with E-state index in [1.807, 2.05) is 36.4 Å². The number of carbonyl (C=O) groups is 2. The standard InChI is InChI=1S/C38H52N2O4.2ClH/c1-5-39(3)27-16-17-28(39)23-31(22-27)43-36(41)34-20-21-38(26-12-8-7-9-13-26,35-15-11-10-14-33(34)35)37(42)44-32-24-29-18-19-30(25-32)40(29,4)6-2;;/h7-15,27-32,34H,5-6,16-25H2,1-4H3;2*1H/q+2;;/p-2. The molecule has 7 rings (SSSR count). The monoisotopic (exact) mass is 670 g/mol. The predicted octanol–water partition coefficient (Wildman–Crippen LogP) is 0.264. The fourth-order valence-corrected chi connectivity index (χ4v) is 10.5. The third-order valence-corrected chi connectivity index (χ3v) is 13.6. The summed E-state index contributed by atoms with van der Waals surface area (Å²) in [6.45, 7) is 6.86. The Hall–Kier alpha value is -2.12. The first-order valence-electron chi connectivity index (χ1n) is 17.5. The third kappa shape index (κ3) is 5.49. The van der Waals surface area contributed by atoms with Gasteiger partial charge in [0.05, 0.1) is 57.3 Å². The first kappa shape index (κ1) is 35.2. The lowest BCUT2D eigenvalue weighted by Gasteiger charge is -2.47. The number of quaternary nitrogens is 2. The SMILES string of the molecule is CC[N+]1(C)C2CCC1CC(OC(=O)C1CCC(C(=O)OC3CC4CCC(C3)[N+]4(C)CC)(c3ccccc3)c3ccccc31)C2.[Cl-].[Cl-]. The van der Waals surface area contributed by atoms with Gasteiger partial charge >= 0.3 is 11.9 Å². The van der Waals surface area contributed by atoms with Crippen molar-refractivity contribution in [3.8, 4) is 0 Å². The largest absolute Gasteiger partial charge is 1.00 e. The smallest absolute Gasteiger partial charge is 0.321 e. The lowest BCUT2D eigenvalue weighted by molar-refractivity contribution is -0.947. The van der Waals surface area contributed by atoms with Crippen LogP contribution in [0.5, 0.6) is 0 Å². The van der Waals surface area contributed by atoms with Crippen molar-refractivity contribution in [3.05, 3.63) is 71.3 Å². The Labute approximate surface area is 288 Å². The summed E-state index contributed by atoms with van der Waals surface area (Å²) in [5.74, 6) is -0.638. The molecule has 0 aromatic heterocycles. The summed E-state index contributed by atoms with van der Waals surface area (Å²) < 4.78 is 15.2. The van der Waals surface area contributed by atoms with Gasteiger partial charge in [-0.3, -0.25) is 9.59 Å². The highest BCUT2D eigenvalue weighted by molar-refractivity contribution is 5.91. The van der Waals surface area contributed by atoms with E-state index in [1.165, 1.54) is 25.7 Å². The second-order valence-electron chi connectivity index (χ2n) is 15.1. The number of rotatable bonds is 7. The zero-order valence-corrected chi connectivity index (χ0v) is 29.5. The van der Waals surface area contributed by atoms with Crippen LogP contribution in [0.2, 0.25) is 0 Å². The molecule has 6 unspecified atom stereocenters. The molecule has 4 heterocycles. The molecule has 0 spiro atoms. The van der Waals surface area contributed by atoms with E-state index in [-0.39, 0.29) is 54.9 Å². The van der Waals surface area contributed by atoms with Gasteiger partial charge in [0, 0.05) is 51.4 Å². The maximum absolute atomic E-state index is 14.6. The van der Waals surface area contributed by atoms with Crippen LogP contribution in [0.25, 0.3) is 0 Å². The molecule has 4 aliphatic heterocycles. The molecule has 2 aromatic rings. The van der Waals surface area contributed by atoms with E-state index >= 15 is 0 Å². The number of fused-ring (bicyclic) bond motifs is 5. The van der Waals surface area contributed by atoms with Crippen molar-refractivity contribution in [1.29, 1.82) is 0 Å². The van der Waals surface area contributed by atoms with Gasteiger partial charge in [-0.2, -0.15) is 0 Å². The van der Waals surface area contributed by atoms with Crippen LogP contribution in [0, 0.1) is 0 Å². The molecular formula is C38H52Cl2N2O4. The van der Waals surface area contributed by atoms with E-state index in [0.29, 0.717) is 37.0 Å². The Morgan fingerprint density at radius 2 is 1.17 bits per heavy atom. The fraction of sp³-hybridized carbons (Fsp3) is 0.632. The summed E-state index contributed by atoms with van der Waals surface area (Å²) in [6.07, 6.45) is 9.75. The van der Waals surface area contributed by atoms with Crippen molar-refractivity contribution in [2.24, 2.45) is 0 Å². The molecule has 1 aliphatic carbocycles. The quantitative estimate of drug-likeness (QED) is 0.314. The normalized spacial score (nSPS) is 38.9. The molecule has 4 saturated heterocycles. The maximum Gasteiger partial charge on any atom is 0.321 e. The van der Waals surface area contributed by atoms with Crippen LogP contribution in [0.1, 0.15) is 101 Å². The summed E-state index contributed by atoms with van der Waals surface area (Å²) >= 11 is 0. The van der Waals surface area contributed by atoms with Crippen molar-refractivity contribution in [1.82, 2.24) is 0 Å². The highest BCUT2D eigenvalue weighted by Gasteiger charge is 2.55. The lowest BCUT2D eigenvalue weighted by atomic mass is 9.63. The number of esters is 2. The summed E-state index contributed by atoms with van der Waals surface area (Å²) in [6, 6.07) is 20.5. The number of benzene rings is 2. The van der Waals surface area contributed by atoms with E-state index in [2.05, 4.69) is 46.1 Å². The Morgan fingerprint density at radius 3 is 1.70 bits per heavy atom. The van der Waals surface area contributed by atoms with Crippen LogP contribution < -0.4 is 24.8 Å². The van der Waals surface area contributed by atoms with Crippen LogP contribution in [0.3, 0.4) is 0 Å². The predicted molar refractivity (Wildman–Crippen MR) is 171 cm³/mol. The van der Waals surface area contributed by atoms with Crippen molar-refractivity contribution in [2.75, 3.05) is 27.2 Å². The fourth-order valence-electron chi connectivity index (χ4n) is 10.5. The molecule has 8 heteroatoms. The molecule has 0 N–H and O–H groups in total. The van der Waals surface area contributed by atoms with Gasteiger partial charge in [0.15, 0.2) is 0 Å². The zero-order valence-electron chi connectivity index (χ0n) is 28.0. The second kappa shape index (κ2) is 13.4. The summed E-state index contributed by atoms with van der Waals surface area (Å²) in [7, 11) is 4.78. The minimum absolute atomic E-state index is 0. The minimum Gasteiger partial charge on any atom is -1.00 e. The van der Waals surface area contributed by atoms with Gasteiger partial charge in [-0.15, -0.1) is 0 Å². The topological polar surface area (TPSA) is 52.6 Å². The molecule has 6 atom stereocenters. The Morgan fingerprint density at radius 1 is 0.696 bits per heavy atom. The number of ether oxygens (including phenoxy) is 2. The van der Waals surface area contributed by atoms with E-state index < -0.39 is 5.41 Å². The van der Waals surface area contributed by atoms with E-state index in [9.17, 15) is 9.59 Å². The lowest BCUT2D eigenvalue weighted by Crippen LogP contribution is -3.00. The second-order valence-corrected chi connectivity index (χ2v) is 15.1. The number of nitrogens with zero attached hydrogens (tertiary/aromatic N) is 2. The van der Waals surface area contributed by atoms with E-state index in [4.69, 9.17) is 9.47 Å².